The number of hydrogen-bond donors (Lipinski definition) is 0. The third-order valence-electron chi connectivity index (χ3n) is 13.3. The largest absolute Gasteiger partial charge is 0.376 e. The van der Waals surface area contributed by atoms with Crippen LogP contribution in [-0.4, -0.2) is 11.4 Å². The van der Waals surface area contributed by atoms with Crippen LogP contribution in [-0.2, 0) is 5.41 Å². The Morgan fingerprint density at radius 2 is 1.29 bits per heavy atom. The summed E-state index contributed by atoms with van der Waals surface area (Å²) in [5, 5.41) is 5.19. The molecule has 0 radical (unpaired) electrons. The number of anilines is 2. The van der Waals surface area contributed by atoms with E-state index in [0.717, 1.165) is 0 Å². The number of thiophene rings is 1. The molecule has 0 amide bonds. The van der Waals surface area contributed by atoms with Crippen molar-refractivity contribution in [3.05, 3.63) is 174 Å². The van der Waals surface area contributed by atoms with E-state index in [9.17, 15) is 0 Å². The van der Waals surface area contributed by atoms with E-state index in [0.29, 0.717) is 0 Å². The van der Waals surface area contributed by atoms with E-state index in [-0.39, 0.29) is 12.3 Å². The van der Waals surface area contributed by atoms with Crippen LogP contribution < -0.4 is 15.7 Å². The van der Waals surface area contributed by atoms with Gasteiger partial charge in [0.05, 0.1) is 15.7 Å². The molecule has 2 aliphatic heterocycles. The highest BCUT2D eigenvalue weighted by Crippen LogP contribution is 2.53. The van der Waals surface area contributed by atoms with Gasteiger partial charge in [0, 0.05) is 48.9 Å². The number of aryl methyl sites for hydroxylation is 1. The summed E-state index contributed by atoms with van der Waals surface area (Å²) in [6.07, 6.45) is 0. The maximum absolute atomic E-state index is 2.72. The lowest BCUT2D eigenvalue weighted by Gasteiger charge is -2.43. The fraction of sp³-hybridized carbons (Fsp3) is 0.0769. The molecule has 56 heavy (non-hydrogen) atoms. The summed E-state index contributed by atoms with van der Waals surface area (Å²) in [5.41, 5.74) is 21.0. The average Bonchev–Trinajstić information content (AvgIpc) is 3.85. The maximum atomic E-state index is 2.72. The van der Waals surface area contributed by atoms with Crippen LogP contribution in [0.5, 0.6) is 0 Å². The van der Waals surface area contributed by atoms with Gasteiger partial charge in [-0.3, -0.25) is 0 Å². The topological polar surface area (TPSA) is 8.17 Å². The van der Waals surface area contributed by atoms with Crippen LogP contribution in [0.15, 0.2) is 158 Å². The molecule has 0 unspecified atom stereocenters. The van der Waals surface area contributed by atoms with Crippen molar-refractivity contribution < 1.29 is 0 Å². The fourth-order valence-corrected chi connectivity index (χ4v) is 12.0. The van der Waals surface area contributed by atoms with Gasteiger partial charge in [-0.1, -0.05) is 141 Å². The van der Waals surface area contributed by atoms with E-state index in [1.54, 1.807) is 0 Å². The van der Waals surface area contributed by atoms with E-state index in [1.165, 1.54) is 120 Å². The summed E-state index contributed by atoms with van der Waals surface area (Å²) in [7, 11) is 0. The van der Waals surface area contributed by atoms with Crippen molar-refractivity contribution in [3.63, 3.8) is 0 Å². The van der Waals surface area contributed by atoms with E-state index < -0.39 is 0 Å². The van der Waals surface area contributed by atoms with E-state index in [4.69, 9.17) is 0 Å². The zero-order valence-corrected chi connectivity index (χ0v) is 32.2. The highest BCUT2D eigenvalue weighted by atomic mass is 32.1. The molecule has 4 heterocycles. The molecule has 0 bridgehead atoms. The molecular formula is C52H35BN2S. The summed E-state index contributed by atoms with van der Waals surface area (Å²) in [6, 6.07) is 59.9. The summed E-state index contributed by atoms with van der Waals surface area (Å²) >= 11 is 1.93. The fourth-order valence-electron chi connectivity index (χ4n) is 10.8. The van der Waals surface area contributed by atoms with E-state index >= 15 is 0 Å². The van der Waals surface area contributed by atoms with Gasteiger partial charge in [-0.05, 0) is 98.1 Å². The Kier molecular flexibility index (Phi) is 5.90. The smallest absolute Gasteiger partial charge is 0.333 e. The standard InChI is InChI=1S/C52H35BN2S/c1-30-13-4-6-15-34(30)32-27-41-38-25-23-31-14-5-7-16-35(31)48(38)55(33-24-26-37-36-17-8-10-20-42(36)52(2,3)43(37)29-33)53-44-21-12-19-40-49(44)54(45(28-32)47(41)53)50-39-18-9-11-22-46(39)56-51(40)50/h4-29H,1-3H3. The monoisotopic (exact) mass is 730 g/mol. The Bertz CT molecular complexity index is 3380. The molecule has 8 aromatic carbocycles. The van der Waals surface area contributed by atoms with Crippen molar-refractivity contribution >= 4 is 82.5 Å². The molecule has 0 atom stereocenters. The minimum absolute atomic E-state index is 0.0411. The number of rotatable bonds is 2. The summed E-state index contributed by atoms with van der Waals surface area (Å²) in [6.45, 7) is 6.99. The Hall–Kier alpha value is -6.36. The molecule has 262 valence electrons. The lowest BCUT2D eigenvalue weighted by atomic mass is 9.43. The van der Waals surface area contributed by atoms with E-state index in [1.807, 2.05) is 11.3 Å². The van der Waals surface area contributed by atoms with Crippen molar-refractivity contribution in [1.82, 2.24) is 4.57 Å². The lowest BCUT2D eigenvalue weighted by Crippen LogP contribution is -2.60. The average molecular weight is 731 g/mol. The number of benzene rings is 8. The van der Waals surface area contributed by atoms with Crippen LogP contribution in [0.1, 0.15) is 30.5 Å². The van der Waals surface area contributed by atoms with Gasteiger partial charge >= 0.3 is 6.85 Å². The van der Waals surface area contributed by atoms with Crippen molar-refractivity contribution in [2.75, 3.05) is 4.81 Å². The number of fused-ring (bicyclic) bond motifs is 14. The molecule has 2 aromatic heterocycles. The molecule has 0 saturated heterocycles. The first kappa shape index (κ1) is 30.9. The van der Waals surface area contributed by atoms with Crippen LogP contribution in [0.3, 0.4) is 0 Å². The van der Waals surface area contributed by atoms with Crippen molar-refractivity contribution in [2.45, 2.75) is 26.2 Å². The third kappa shape index (κ3) is 3.78. The normalized spacial score (nSPS) is 14.4. The van der Waals surface area contributed by atoms with Gasteiger partial charge in [-0.15, -0.1) is 11.3 Å². The first-order valence-corrected chi connectivity index (χ1v) is 20.5. The number of hydrogen-bond acceptors (Lipinski definition) is 2. The molecule has 1 aliphatic carbocycles. The minimum atomic E-state index is -0.114. The quantitative estimate of drug-likeness (QED) is 0.161. The molecular weight excluding hydrogens is 695 g/mol. The van der Waals surface area contributed by atoms with Gasteiger partial charge < -0.3 is 9.38 Å². The van der Waals surface area contributed by atoms with Crippen LogP contribution in [0.4, 0.5) is 11.4 Å². The predicted octanol–water partition coefficient (Wildman–Crippen LogP) is 12.7. The van der Waals surface area contributed by atoms with Crippen molar-refractivity contribution in [2.24, 2.45) is 0 Å². The molecule has 0 saturated carbocycles. The minimum Gasteiger partial charge on any atom is -0.376 e. The van der Waals surface area contributed by atoms with Gasteiger partial charge in [0.15, 0.2) is 0 Å². The van der Waals surface area contributed by atoms with Crippen molar-refractivity contribution in [3.8, 4) is 39.1 Å². The molecule has 4 heteroatoms. The van der Waals surface area contributed by atoms with Crippen molar-refractivity contribution in [1.29, 1.82) is 0 Å². The number of nitrogens with zero attached hydrogens (tertiary/aromatic N) is 2. The molecule has 2 nitrogen and oxygen atoms in total. The molecule has 0 N–H and O–H groups in total. The summed E-state index contributed by atoms with van der Waals surface area (Å²) in [5.74, 6) is 0. The number of aromatic nitrogens is 1. The zero-order valence-electron chi connectivity index (χ0n) is 31.4. The maximum Gasteiger partial charge on any atom is 0.333 e. The highest BCUT2D eigenvalue weighted by molar-refractivity contribution is 7.26. The molecule has 0 spiro atoms. The third-order valence-corrected chi connectivity index (χ3v) is 14.5. The van der Waals surface area contributed by atoms with Crippen LogP contribution in [0.25, 0.3) is 81.0 Å². The second-order valence-corrected chi connectivity index (χ2v) is 17.5. The Labute approximate surface area is 330 Å². The van der Waals surface area contributed by atoms with Crippen LogP contribution in [0, 0.1) is 6.92 Å². The van der Waals surface area contributed by atoms with Gasteiger partial charge in [0.1, 0.15) is 0 Å². The molecule has 10 aromatic rings. The predicted molar refractivity (Wildman–Crippen MR) is 240 cm³/mol. The Morgan fingerprint density at radius 1 is 0.554 bits per heavy atom. The molecule has 13 rings (SSSR count). The Balaban J connectivity index is 1.20. The van der Waals surface area contributed by atoms with Gasteiger partial charge in [-0.25, -0.2) is 0 Å². The van der Waals surface area contributed by atoms with E-state index in [2.05, 4.69) is 188 Å². The number of para-hydroxylation sites is 1. The van der Waals surface area contributed by atoms with Crippen LogP contribution >= 0.6 is 11.3 Å². The van der Waals surface area contributed by atoms with Gasteiger partial charge in [-0.2, -0.15) is 0 Å². The summed E-state index contributed by atoms with van der Waals surface area (Å²) < 4.78 is 5.34. The van der Waals surface area contributed by atoms with Gasteiger partial charge in [0.25, 0.3) is 0 Å². The second kappa shape index (κ2) is 10.7. The summed E-state index contributed by atoms with van der Waals surface area (Å²) in [4.78, 5) is 2.72. The highest BCUT2D eigenvalue weighted by Gasteiger charge is 2.46. The lowest BCUT2D eigenvalue weighted by molar-refractivity contribution is 0.660. The van der Waals surface area contributed by atoms with Gasteiger partial charge in [0.2, 0.25) is 0 Å². The zero-order chi connectivity index (χ0) is 37.0. The SMILES string of the molecule is Cc1ccccc1-c1cc2c3c(c1)-n1c4c(cccc4c4sc5ccccc5c41)B3N(c1ccc3c(c1)C(C)(C)c1ccccc1-3)c1c-2ccc2ccccc12. The molecule has 3 aliphatic rings. The first-order valence-electron chi connectivity index (χ1n) is 19.7. The molecule has 0 fully saturated rings. The second-order valence-electron chi connectivity index (χ2n) is 16.5. The van der Waals surface area contributed by atoms with Crippen LogP contribution in [0.2, 0.25) is 0 Å². The Morgan fingerprint density at radius 3 is 2.18 bits per heavy atom. The first-order chi connectivity index (χ1) is 27.5.